The SMILES string of the molecule is COC(=O)[C@H]1CNCC[C@H]1c1cccc(F)c1. The Kier molecular flexibility index (Phi) is 3.74. The van der Waals surface area contributed by atoms with Crippen LogP contribution in [-0.4, -0.2) is 26.2 Å². The van der Waals surface area contributed by atoms with Crippen LogP contribution in [0.15, 0.2) is 24.3 Å². The first-order valence-corrected chi connectivity index (χ1v) is 5.76. The van der Waals surface area contributed by atoms with Crippen molar-refractivity contribution in [1.29, 1.82) is 0 Å². The molecule has 4 heteroatoms. The van der Waals surface area contributed by atoms with Crippen LogP contribution in [0.3, 0.4) is 0 Å². The maximum absolute atomic E-state index is 13.2. The Morgan fingerprint density at radius 2 is 2.35 bits per heavy atom. The van der Waals surface area contributed by atoms with Gasteiger partial charge in [-0.3, -0.25) is 4.79 Å². The minimum Gasteiger partial charge on any atom is -0.469 e. The molecular formula is C13H16FNO2. The molecule has 0 radical (unpaired) electrons. The van der Waals surface area contributed by atoms with Gasteiger partial charge in [-0.05, 0) is 36.6 Å². The molecule has 0 aliphatic carbocycles. The molecule has 2 atom stereocenters. The van der Waals surface area contributed by atoms with Crippen LogP contribution >= 0.6 is 0 Å². The van der Waals surface area contributed by atoms with Crippen molar-refractivity contribution in [2.75, 3.05) is 20.2 Å². The second-order valence-electron chi connectivity index (χ2n) is 4.28. The zero-order valence-corrected chi connectivity index (χ0v) is 9.78. The van der Waals surface area contributed by atoms with Crippen LogP contribution in [0.2, 0.25) is 0 Å². The summed E-state index contributed by atoms with van der Waals surface area (Å²) in [6.07, 6.45) is 0.823. The maximum Gasteiger partial charge on any atom is 0.310 e. The van der Waals surface area contributed by atoms with E-state index in [2.05, 4.69) is 5.32 Å². The van der Waals surface area contributed by atoms with Crippen LogP contribution in [-0.2, 0) is 9.53 Å². The minimum absolute atomic E-state index is 0.0411. The zero-order valence-electron chi connectivity index (χ0n) is 9.78. The fourth-order valence-electron chi connectivity index (χ4n) is 2.39. The first-order chi connectivity index (χ1) is 8.22. The number of carbonyl (C=O) groups excluding carboxylic acids is 1. The summed E-state index contributed by atoms with van der Waals surface area (Å²) in [4.78, 5) is 11.7. The third kappa shape index (κ3) is 2.64. The molecule has 1 N–H and O–H groups in total. The summed E-state index contributed by atoms with van der Waals surface area (Å²) in [7, 11) is 1.39. The van der Waals surface area contributed by atoms with Crippen molar-refractivity contribution >= 4 is 5.97 Å². The monoisotopic (exact) mass is 237 g/mol. The molecule has 1 aromatic rings. The van der Waals surface area contributed by atoms with E-state index >= 15 is 0 Å². The lowest BCUT2D eigenvalue weighted by Crippen LogP contribution is -2.40. The molecule has 2 rings (SSSR count). The molecule has 0 bridgehead atoms. The van der Waals surface area contributed by atoms with E-state index < -0.39 is 0 Å². The van der Waals surface area contributed by atoms with Crippen molar-refractivity contribution in [3.63, 3.8) is 0 Å². The van der Waals surface area contributed by atoms with Crippen LogP contribution in [0, 0.1) is 11.7 Å². The minimum atomic E-state index is -0.260. The van der Waals surface area contributed by atoms with Gasteiger partial charge in [0.25, 0.3) is 0 Å². The average Bonchev–Trinajstić information content (AvgIpc) is 2.38. The number of carbonyl (C=O) groups is 1. The number of halogens is 1. The second kappa shape index (κ2) is 5.27. The van der Waals surface area contributed by atoms with Gasteiger partial charge in [-0.15, -0.1) is 0 Å². The molecule has 0 aromatic heterocycles. The Balaban J connectivity index is 2.24. The Hall–Kier alpha value is -1.42. The van der Waals surface area contributed by atoms with Gasteiger partial charge in [0, 0.05) is 6.54 Å². The highest BCUT2D eigenvalue weighted by atomic mass is 19.1. The molecule has 1 saturated heterocycles. The van der Waals surface area contributed by atoms with Gasteiger partial charge in [0.2, 0.25) is 0 Å². The average molecular weight is 237 g/mol. The molecule has 1 fully saturated rings. The number of piperidine rings is 1. The molecule has 0 saturated carbocycles. The van der Waals surface area contributed by atoms with Gasteiger partial charge >= 0.3 is 5.97 Å². The van der Waals surface area contributed by atoms with Crippen LogP contribution in [0.1, 0.15) is 17.9 Å². The summed E-state index contributed by atoms with van der Waals surface area (Å²) in [5.41, 5.74) is 0.877. The Labute approximate surface area is 100.0 Å². The van der Waals surface area contributed by atoms with E-state index in [9.17, 15) is 9.18 Å². The van der Waals surface area contributed by atoms with Crippen LogP contribution in [0.4, 0.5) is 4.39 Å². The van der Waals surface area contributed by atoms with Crippen molar-refractivity contribution in [2.24, 2.45) is 5.92 Å². The van der Waals surface area contributed by atoms with E-state index in [1.165, 1.54) is 19.2 Å². The van der Waals surface area contributed by atoms with Gasteiger partial charge in [0.1, 0.15) is 5.82 Å². The molecule has 0 unspecified atom stereocenters. The smallest absolute Gasteiger partial charge is 0.310 e. The molecule has 92 valence electrons. The summed E-state index contributed by atoms with van der Waals surface area (Å²) in [6.45, 7) is 1.43. The number of benzene rings is 1. The summed E-state index contributed by atoms with van der Waals surface area (Å²) >= 11 is 0. The van der Waals surface area contributed by atoms with Gasteiger partial charge in [0.15, 0.2) is 0 Å². The summed E-state index contributed by atoms with van der Waals surface area (Å²) < 4.78 is 18.0. The number of rotatable bonds is 2. The second-order valence-corrected chi connectivity index (χ2v) is 4.28. The maximum atomic E-state index is 13.2. The Morgan fingerprint density at radius 1 is 1.53 bits per heavy atom. The van der Waals surface area contributed by atoms with Crippen LogP contribution in [0.25, 0.3) is 0 Å². The number of ether oxygens (including phenoxy) is 1. The third-order valence-electron chi connectivity index (χ3n) is 3.26. The Bertz CT molecular complexity index is 408. The fourth-order valence-corrected chi connectivity index (χ4v) is 2.39. The molecule has 1 aliphatic rings. The molecule has 3 nitrogen and oxygen atoms in total. The highest BCUT2D eigenvalue weighted by molar-refractivity contribution is 5.74. The number of hydrogen-bond donors (Lipinski definition) is 1. The van der Waals surface area contributed by atoms with E-state index in [0.29, 0.717) is 6.54 Å². The first kappa shape index (κ1) is 12.0. The van der Waals surface area contributed by atoms with Crippen molar-refractivity contribution in [3.05, 3.63) is 35.6 Å². The number of hydrogen-bond acceptors (Lipinski definition) is 3. The topological polar surface area (TPSA) is 38.3 Å². The lowest BCUT2D eigenvalue weighted by atomic mass is 9.81. The lowest BCUT2D eigenvalue weighted by molar-refractivity contribution is -0.146. The highest BCUT2D eigenvalue weighted by Gasteiger charge is 2.32. The zero-order chi connectivity index (χ0) is 12.3. The third-order valence-corrected chi connectivity index (χ3v) is 3.26. The summed E-state index contributed by atoms with van der Waals surface area (Å²) in [6, 6.07) is 6.47. The highest BCUT2D eigenvalue weighted by Crippen LogP contribution is 2.31. The number of methoxy groups -OCH3 is 1. The summed E-state index contributed by atoms with van der Waals surface area (Å²) in [5.74, 6) is -0.675. The van der Waals surface area contributed by atoms with Crippen molar-refractivity contribution < 1.29 is 13.9 Å². The van der Waals surface area contributed by atoms with Crippen molar-refractivity contribution in [1.82, 2.24) is 5.32 Å². The fraction of sp³-hybridized carbons (Fsp3) is 0.462. The van der Waals surface area contributed by atoms with Crippen LogP contribution in [0.5, 0.6) is 0 Å². The van der Waals surface area contributed by atoms with Gasteiger partial charge < -0.3 is 10.1 Å². The Morgan fingerprint density at radius 3 is 3.06 bits per heavy atom. The molecule has 17 heavy (non-hydrogen) atoms. The molecule has 1 aliphatic heterocycles. The quantitative estimate of drug-likeness (QED) is 0.795. The predicted molar refractivity (Wildman–Crippen MR) is 62.1 cm³/mol. The summed E-state index contributed by atoms with van der Waals surface area (Å²) in [5, 5.41) is 3.17. The first-order valence-electron chi connectivity index (χ1n) is 5.76. The van der Waals surface area contributed by atoms with Crippen molar-refractivity contribution in [3.8, 4) is 0 Å². The molecule has 0 spiro atoms. The van der Waals surface area contributed by atoms with E-state index in [0.717, 1.165) is 18.5 Å². The van der Waals surface area contributed by atoms with Gasteiger partial charge in [-0.2, -0.15) is 0 Å². The predicted octanol–water partition coefficient (Wildman–Crippen LogP) is 1.69. The molecule has 0 amide bonds. The molecule has 1 aromatic carbocycles. The van der Waals surface area contributed by atoms with E-state index in [1.54, 1.807) is 6.07 Å². The normalized spacial score (nSPS) is 24.4. The van der Waals surface area contributed by atoms with E-state index in [1.807, 2.05) is 6.07 Å². The lowest BCUT2D eigenvalue weighted by Gasteiger charge is -2.30. The molecule has 1 heterocycles. The van der Waals surface area contributed by atoms with E-state index in [4.69, 9.17) is 4.74 Å². The van der Waals surface area contributed by atoms with Crippen LogP contribution < -0.4 is 5.32 Å². The van der Waals surface area contributed by atoms with Gasteiger partial charge in [-0.1, -0.05) is 12.1 Å². The van der Waals surface area contributed by atoms with Crippen molar-refractivity contribution in [2.45, 2.75) is 12.3 Å². The van der Waals surface area contributed by atoms with Gasteiger partial charge in [0.05, 0.1) is 13.0 Å². The van der Waals surface area contributed by atoms with E-state index in [-0.39, 0.29) is 23.6 Å². The number of esters is 1. The largest absolute Gasteiger partial charge is 0.469 e. The molecular weight excluding hydrogens is 221 g/mol. The standard InChI is InChI=1S/C13H16FNO2/c1-17-13(16)12-8-15-6-5-11(12)9-3-2-4-10(14)7-9/h2-4,7,11-12,15H,5-6,8H2,1H3/t11-,12-/m0/s1. The number of nitrogens with one attached hydrogen (secondary N) is 1. The van der Waals surface area contributed by atoms with Gasteiger partial charge in [-0.25, -0.2) is 4.39 Å².